The number of thiol groups is 2. The van der Waals surface area contributed by atoms with Crippen LogP contribution < -0.4 is 5.32 Å². The van der Waals surface area contributed by atoms with Crippen LogP contribution in [0.5, 0.6) is 0 Å². The minimum atomic E-state index is -1.11. The number of aliphatic hydroxyl groups excluding tert-OH is 2. The van der Waals surface area contributed by atoms with Crippen LogP contribution >= 0.6 is 37.0 Å². The van der Waals surface area contributed by atoms with Gasteiger partial charge in [0.05, 0.1) is 10.7 Å². The standard InChI is InChI=1S/C9H17NO5S3/c11-4-6(12)9(17,5-16)18-2-1-7(13)10-3-8(14)15/h6,11-12,16-17H,1-5H2,(H,10,13)(H,14,15)/t6-,9+/m1/s1. The molecule has 18 heavy (non-hydrogen) atoms. The Balaban J connectivity index is 4.00. The first-order valence-electron chi connectivity index (χ1n) is 5.10. The summed E-state index contributed by atoms with van der Waals surface area (Å²) in [6.07, 6.45) is -0.947. The number of rotatable bonds is 9. The number of aliphatic carboxylic acids is 1. The van der Waals surface area contributed by atoms with Gasteiger partial charge in [-0.15, -0.1) is 11.8 Å². The van der Waals surface area contributed by atoms with Crippen molar-refractivity contribution in [1.82, 2.24) is 5.32 Å². The van der Waals surface area contributed by atoms with Gasteiger partial charge in [-0.3, -0.25) is 9.59 Å². The molecule has 0 aliphatic rings. The zero-order chi connectivity index (χ0) is 14.2. The summed E-state index contributed by atoms with van der Waals surface area (Å²) in [4.78, 5) is 21.4. The Labute approximate surface area is 120 Å². The van der Waals surface area contributed by atoms with Crippen LogP contribution in [-0.2, 0) is 9.59 Å². The maximum Gasteiger partial charge on any atom is 0.322 e. The molecule has 6 nitrogen and oxygen atoms in total. The predicted molar refractivity (Wildman–Crippen MR) is 76.4 cm³/mol. The fourth-order valence-electron chi connectivity index (χ4n) is 0.973. The molecule has 4 N–H and O–H groups in total. The number of nitrogens with one attached hydrogen (secondary N) is 1. The number of aliphatic hydroxyl groups is 2. The molecule has 0 bridgehead atoms. The first-order valence-corrected chi connectivity index (χ1v) is 7.17. The fraction of sp³-hybridized carbons (Fsp3) is 0.778. The van der Waals surface area contributed by atoms with Gasteiger partial charge in [0.1, 0.15) is 12.6 Å². The summed E-state index contributed by atoms with van der Waals surface area (Å²) in [5, 5.41) is 29.0. The largest absolute Gasteiger partial charge is 0.480 e. The first kappa shape index (κ1) is 17.9. The number of amides is 1. The molecule has 0 aromatic carbocycles. The van der Waals surface area contributed by atoms with Crippen LogP contribution in [0.1, 0.15) is 6.42 Å². The molecular formula is C9H17NO5S3. The molecule has 9 heteroatoms. The average molecular weight is 315 g/mol. The molecule has 0 aliphatic heterocycles. The number of thioether (sulfide) groups is 1. The maximum absolute atomic E-state index is 11.2. The van der Waals surface area contributed by atoms with Crippen LogP contribution in [0.2, 0.25) is 0 Å². The normalized spacial score (nSPS) is 15.8. The van der Waals surface area contributed by atoms with Gasteiger partial charge >= 0.3 is 5.97 Å². The minimum absolute atomic E-state index is 0.103. The molecule has 0 radical (unpaired) electrons. The molecule has 0 aliphatic carbocycles. The van der Waals surface area contributed by atoms with E-state index < -0.39 is 35.2 Å². The number of carbonyl (C=O) groups excluding carboxylic acids is 1. The Morgan fingerprint density at radius 3 is 2.50 bits per heavy atom. The second-order valence-corrected chi connectivity index (χ2v) is 6.31. The van der Waals surface area contributed by atoms with Gasteiger partial charge in [0.25, 0.3) is 0 Å². The average Bonchev–Trinajstić information content (AvgIpc) is 2.34. The van der Waals surface area contributed by atoms with E-state index in [0.29, 0.717) is 5.75 Å². The van der Waals surface area contributed by atoms with Crippen LogP contribution in [-0.4, -0.2) is 62.0 Å². The Morgan fingerprint density at radius 1 is 1.44 bits per heavy atom. The van der Waals surface area contributed by atoms with E-state index in [0.717, 1.165) is 0 Å². The molecule has 0 aromatic heterocycles. The highest BCUT2D eigenvalue weighted by atomic mass is 32.2. The molecule has 0 unspecified atom stereocenters. The monoisotopic (exact) mass is 315 g/mol. The molecule has 0 saturated heterocycles. The Hall–Kier alpha value is -0.0900. The van der Waals surface area contributed by atoms with E-state index in [-0.39, 0.29) is 12.2 Å². The van der Waals surface area contributed by atoms with Crippen LogP contribution in [0.25, 0.3) is 0 Å². The van der Waals surface area contributed by atoms with E-state index in [1.807, 2.05) is 0 Å². The summed E-state index contributed by atoms with van der Waals surface area (Å²) in [5.41, 5.74) is 0. The van der Waals surface area contributed by atoms with Gasteiger partial charge in [0.15, 0.2) is 0 Å². The fourth-order valence-corrected chi connectivity index (χ4v) is 2.81. The van der Waals surface area contributed by atoms with Crippen molar-refractivity contribution in [1.29, 1.82) is 0 Å². The lowest BCUT2D eigenvalue weighted by Gasteiger charge is -2.30. The van der Waals surface area contributed by atoms with Crippen molar-refractivity contribution in [3.63, 3.8) is 0 Å². The summed E-state index contributed by atoms with van der Waals surface area (Å²) in [6.45, 7) is -0.858. The van der Waals surface area contributed by atoms with Crippen molar-refractivity contribution in [2.45, 2.75) is 16.6 Å². The highest BCUT2D eigenvalue weighted by molar-refractivity contribution is 8.12. The number of carboxylic acid groups (broad SMARTS) is 1. The van der Waals surface area contributed by atoms with Gasteiger partial charge in [-0.1, -0.05) is 0 Å². The summed E-state index contributed by atoms with van der Waals surface area (Å²) >= 11 is 9.46. The number of carboxylic acids is 1. The molecule has 0 heterocycles. The number of carbonyl (C=O) groups is 2. The van der Waals surface area contributed by atoms with Crippen molar-refractivity contribution in [3.05, 3.63) is 0 Å². The Morgan fingerprint density at radius 2 is 2.06 bits per heavy atom. The SMILES string of the molecule is O=C(O)CNC(=O)CCS[C@@](S)(CS)[C@H](O)CO. The topological polar surface area (TPSA) is 107 Å². The molecule has 0 fully saturated rings. The predicted octanol–water partition coefficient (Wildman–Crippen LogP) is -0.780. The van der Waals surface area contributed by atoms with E-state index in [9.17, 15) is 14.7 Å². The lowest BCUT2D eigenvalue weighted by Crippen LogP contribution is -2.39. The molecule has 0 rings (SSSR count). The Bertz CT molecular complexity index is 291. The van der Waals surface area contributed by atoms with Crippen molar-refractivity contribution in [2.24, 2.45) is 0 Å². The molecule has 0 spiro atoms. The third-order valence-corrected chi connectivity index (χ3v) is 5.17. The lowest BCUT2D eigenvalue weighted by molar-refractivity contribution is -0.137. The van der Waals surface area contributed by atoms with Crippen LogP contribution in [0.4, 0.5) is 0 Å². The second kappa shape index (κ2) is 8.92. The zero-order valence-electron chi connectivity index (χ0n) is 9.57. The van der Waals surface area contributed by atoms with Gasteiger partial charge in [0.2, 0.25) is 5.91 Å². The molecule has 2 atom stereocenters. The van der Waals surface area contributed by atoms with Crippen LogP contribution in [0.3, 0.4) is 0 Å². The lowest BCUT2D eigenvalue weighted by atomic mass is 10.3. The molecular weight excluding hydrogens is 298 g/mol. The molecule has 106 valence electrons. The van der Waals surface area contributed by atoms with Crippen molar-refractivity contribution >= 4 is 48.9 Å². The molecule has 0 aromatic rings. The highest BCUT2D eigenvalue weighted by Crippen LogP contribution is 2.34. The summed E-state index contributed by atoms with van der Waals surface area (Å²) in [7, 11) is 0. The molecule has 0 saturated carbocycles. The van der Waals surface area contributed by atoms with E-state index in [1.54, 1.807) is 0 Å². The van der Waals surface area contributed by atoms with E-state index in [2.05, 4.69) is 30.6 Å². The van der Waals surface area contributed by atoms with E-state index in [1.165, 1.54) is 11.8 Å². The second-order valence-electron chi connectivity index (χ2n) is 3.47. The number of hydrogen-bond acceptors (Lipinski definition) is 7. The smallest absolute Gasteiger partial charge is 0.322 e. The van der Waals surface area contributed by atoms with Gasteiger partial charge in [-0.2, -0.15) is 25.3 Å². The minimum Gasteiger partial charge on any atom is -0.480 e. The van der Waals surface area contributed by atoms with Crippen molar-refractivity contribution < 1.29 is 24.9 Å². The van der Waals surface area contributed by atoms with E-state index in [4.69, 9.17) is 10.2 Å². The summed E-state index contributed by atoms with van der Waals surface area (Å²) in [5.74, 6) is -0.935. The van der Waals surface area contributed by atoms with Gasteiger partial charge < -0.3 is 20.6 Å². The van der Waals surface area contributed by atoms with Crippen LogP contribution in [0.15, 0.2) is 0 Å². The quantitative estimate of drug-likeness (QED) is 0.246. The summed E-state index contributed by atoms with van der Waals surface area (Å²) in [6, 6.07) is 0. The third-order valence-electron chi connectivity index (χ3n) is 2.04. The third kappa shape index (κ3) is 6.74. The van der Waals surface area contributed by atoms with Crippen molar-refractivity contribution in [2.75, 3.05) is 24.7 Å². The van der Waals surface area contributed by atoms with Crippen molar-refractivity contribution in [3.8, 4) is 0 Å². The van der Waals surface area contributed by atoms with E-state index >= 15 is 0 Å². The van der Waals surface area contributed by atoms with Gasteiger partial charge in [0, 0.05) is 17.9 Å². The first-order chi connectivity index (χ1) is 8.35. The summed E-state index contributed by atoms with van der Waals surface area (Å²) < 4.78 is -0.940. The maximum atomic E-state index is 11.2. The highest BCUT2D eigenvalue weighted by Gasteiger charge is 2.33. The van der Waals surface area contributed by atoms with Gasteiger partial charge in [-0.05, 0) is 0 Å². The van der Waals surface area contributed by atoms with Crippen LogP contribution in [0, 0.1) is 0 Å². The zero-order valence-corrected chi connectivity index (χ0v) is 12.2. The van der Waals surface area contributed by atoms with Gasteiger partial charge in [-0.25, -0.2) is 0 Å². The number of hydrogen-bond donors (Lipinski definition) is 6. The molecule has 1 amide bonds. The Kier molecular flexibility index (Phi) is 8.87.